The fourth-order valence-electron chi connectivity index (χ4n) is 1.92. The molecule has 1 aromatic carbocycles. The number of anilines is 1. The normalized spacial score (nSPS) is 19.5. The highest BCUT2D eigenvalue weighted by Crippen LogP contribution is 2.15. The first kappa shape index (κ1) is 13.5. The molecule has 0 spiro atoms. The molecule has 2 rings (SSSR count). The Bertz CT molecular complexity index is 406. The molecular formula is C13H17BrN2O2. The number of rotatable bonds is 4. The van der Waals surface area contributed by atoms with Gasteiger partial charge in [0, 0.05) is 16.7 Å². The van der Waals surface area contributed by atoms with Crippen molar-refractivity contribution in [3.05, 3.63) is 28.7 Å². The number of ether oxygens (including phenoxy) is 1. The summed E-state index contributed by atoms with van der Waals surface area (Å²) in [5.41, 5.74) is 0.778. The summed E-state index contributed by atoms with van der Waals surface area (Å²) in [4.78, 5) is 11.7. The average molecular weight is 313 g/mol. The summed E-state index contributed by atoms with van der Waals surface area (Å²) < 4.78 is 6.50. The number of nitrogens with one attached hydrogen (secondary N) is 2. The number of piperidine rings is 1. The SMILES string of the molecule is O=C(COC1CCCNC1)Nc1cccc(Br)c1. The van der Waals surface area contributed by atoms with Crippen LogP contribution in [0.3, 0.4) is 0 Å². The van der Waals surface area contributed by atoms with Crippen molar-refractivity contribution < 1.29 is 9.53 Å². The molecule has 0 radical (unpaired) electrons. The van der Waals surface area contributed by atoms with E-state index in [4.69, 9.17) is 4.74 Å². The van der Waals surface area contributed by atoms with Gasteiger partial charge in [-0.05, 0) is 37.6 Å². The Morgan fingerprint density at radius 1 is 1.56 bits per heavy atom. The summed E-state index contributed by atoms with van der Waals surface area (Å²) in [5, 5.41) is 6.06. The smallest absolute Gasteiger partial charge is 0.250 e. The minimum absolute atomic E-state index is 0.110. The van der Waals surface area contributed by atoms with Gasteiger partial charge in [0.05, 0.1) is 6.10 Å². The van der Waals surface area contributed by atoms with Crippen molar-refractivity contribution in [1.29, 1.82) is 0 Å². The number of hydrogen-bond acceptors (Lipinski definition) is 3. The summed E-state index contributed by atoms with van der Waals surface area (Å²) in [6.45, 7) is 1.99. The van der Waals surface area contributed by atoms with E-state index in [2.05, 4.69) is 26.6 Å². The van der Waals surface area contributed by atoms with E-state index in [-0.39, 0.29) is 18.6 Å². The first-order chi connectivity index (χ1) is 8.74. The molecule has 1 unspecified atom stereocenters. The van der Waals surface area contributed by atoms with E-state index in [0.717, 1.165) is 36.1 Å². The van der Waals surface area contributed by atoms with Crippen LogP contribution in [0.5, 0.6) is 0 Å². The summed E-state index contributed by atoms with van der Waals surface area (Å²) in [5.74, 6) is -0.112. The zero-order valence-electron chi connectivity index (χ0n) is 10.1. The maximum Gasteiger partial charge on any atom is 0.250 e. The molecule has 5 heteroatoms. The highest BCUT2D eigenvalue weighted by atomic mass is 79.9. The molecule has 1 atom stereocenters. The van der Waals surface area contributed by atoms with Crippen LogP contribution in [0.4, 0.5) is 5.69 Å². The van der Waals surface area contributed by atoms with Gasteiger partial charge in [-0.1, -0.05) is 22.0 Å². The van der Waals surface area contributed by atoms with Crippen molar-refractivity contribution in [3.8, 4) is 0 Å². The van der Waals surface area contributed by atoms with Crippen molar-refractivity contribution in [1.82, 2.24) is 5.32 Å². The standard InChI is InChI=1S/C13H17BrN2O2/c14-10-3-1-4-11(7-10)16-13(17)9-18-12-5-2-6-15-8-12/h1,3-4,7,12,15H,2,5-6,8-9H2,(H,16,17). The zero-order chi connectivity index (χ0) is 12.8. The summed E-state index contributed by atoms with van der Waals surface area (Å²) >= 11 is 3.36. The Balaban J connectivity index is 1.74. The van der Waals surface area contributed by atoms with Crippen molar-refractivity contribution in [2.45, 2.75) is 18.9 Å². The molecular weight excluding hydrogens is 296 g/mol. The van der Waals surface area contributed by atoms with Crippen LogP contribution in [0.15, 0.2) is 28.7 Å². The maximum atomic E-state index is 11.7. The maximum absolute atomic E-state index is 11.7. The quantitative estimate of drug-likeness (QED) is 0.895. The molecule has 1 aliphatic rings. The predicted octanol–water partition coefficient (Wildman–Crippen LogP) is 2.16. The van der Waals surface area contributed by atoms with Crippen LogP contribution < -0.4 is 10.6 Å². The molecule has 2 N–H and O–H groups in total. The van der Waals surface area contributed by atoms with Gasteiger partial charge in [-0.25, -0.2) is 0 Å². The van der Waals surface area contributed by atoms with Gasteiger partial charge in [0.15, 0.2) is 0 Å². The van der Waals surface area contributed by atoms with Crippen molar-refractivity contribution in [2.75, 3.05) is 25.0 Å². The second-order valence-corrected chi connectivity index (χ2v) is 5.25. The van der Waals surface area contributed by atoms with Crippen LogP contribution in [-0.2, 0) is 9.53 Å². The zero-order valence-corrected chi connectivity index (χ0v) is 11.7. The van der Waals surface area contributed by atoms with E-state index in [1.165, 1.54) is 0 Å². The first-order valence-corrected chi connectivity index (χ1v) is 6.91. The molecule has 0 saturated carbocycles. The average Bonchev–Trinajstić information content (AvgIpc) is 2.38. The molecule has 98 valence electrons. The van der Waals surface area contributed by atoms with Gasteiger partial charge >= 0.3 is 0 Å². The van der Waals surface area contributed by atoms with Crippen LogP contribution in [0.2, 0.25) is 0 Å². The van der Waals surface area contributed by atoms with Gasteiger partial charge in [-0.15, -0.1) is 0 Å². The molecule has 1 aromatic rings. The minimum Gasteiger partial charge on any atom is -0.367 e. The van der Waals surface area contributed by atoms with Crippen molar-refractivity contribution >= 4 is 27.5 Å². The van der Waals surface area contributed by atoms with Gasteiger partial charge in [-0.3, -0.25) is 4.79 Å². The Kier molecular flexibility index (Phi) is 5.16. The lowest BCUT2D eigenvalue weighted by Crippen LogP contribution is -2.37. The topological polar surface area (TPSA) is 50.4 Å². The molecule has 0 aromatic heterocycles. The third-order valence-electron chi connectivity index (χ3n) is 2.81. The van der Waals surface area contributed by atoms with E-state index in [1.807, 2.05) is 24.3 Å². The van der Waals surface area contributed by atoms with Gasteiger partial charge in [0.2, 0.25) is 5.91 Å². The fourth-order valence-corrected chi connectivity index (χ4v) is 2.32. The Hall–Kier alpha value is -0.910. The van der Waals surface area contributed by atoms with E-state index >= 15 is 0 Å². The van der Waals surface area contributed by atoms with Gasteiger partial charge < -0.3 is 15.4 Å². The van der Waals surface area contributed by atoms with Crippen molar-refractivity contribution in [2.24, 2.45) is 0 Å². The van der Waals surface area contributed by atoms with Crippen LogP contribution >= 0.6 is 15.9 Å². The fraction of sp³-hybridized carbons (Fsp3) is 0.462. The van der Waals surface area contributed by atoms with Crippen LogP contribution in [0, 0.1) is 0 Å². The van der Waals surface area contributed by atoms with Crippen molar-refractivity contribution in [3.63, 3.8) is 0 Å². The Morgan fingerprint density at radius 3 is 3.17 bits per heavy atom. The van der Waals surface area contributed by atoms with Gasteiger partial charge in [-0.2, -0.15) is 0 Å². The molecule has 1 aliphatic heterocycles. The second kappa shape index (κ2) is 6.87. The number of halogens is 1. The van der Waals surface area contributed by atoms with Crippen LogP contribution in [0.25, 0.3) is 0 Å². The molecule has 18 heavy (non-hydrogen) atoms. The minimum atomic E-state index is -0.112. The summed E-state index contributed by atoms with van der Waals surface area (Å²) in [6.07, 6.45) is 2.29. The third kappa shape index (κ3) is 4.40. The monoisotopic (exact) mass is 312 g/mol. The van der Waals surface area contributed by atoms with E-state index in [9.17, 15) is 4.79 Å². The second-order valence-electron chi connectivity index (χ2n) is 4.34. The molecule has 0 bridgehead atoms. The van der Waals surface area contributed by atoms with E-state index in [0.29, 0.717) is 0 Å². The highest BCUT2D eigenvalue weighted by Gasteiger charge is 2.14. The molecule has 1 heterocycles. The summed E-state index contributed by atoms with van der Waals surface area (Å²) in [7, 11) is 0. The lowest BCUT2D eigenvalue weighted by molar-refractivity contribution is -0.122. The van der Waals surface area contributed by atoms with E-state index < -0.39 is 0 Å². The van der Waals surface area contributed by atoms with E-state index in [1.54, 1.807) is 0 Å². The largest absolute Gasteiger partial charge is 0.367 e. The molecule has 1 saturated heterocycles. The predicted molar refractivity (Wildman–Crippen MR) is 74.6 cm³/mol. The lowest BCUT2D eigenvalue weighted by Gasteiger charge is -2.22. The Morgan fingerprint density at radius 2 is 2.44 bits per heavy atom. The van der Waals surface area contributed by atoms with Crippen LogP contribution in [0.1, 0.15) is 12.8 Å². The third-order valence-corrected chi connectivity index (χ3v) is 3.30. The first-order valence-electron chi connectivity index (χ1n) is 6.12. The number of hydrogen-bond donors (Lipinski definition) is 2. The number of amides is 1. The van der Waals surface area contributed by atoms with Crippen LogP contribution in [-0.4, -0.2) is 31.7 Å². The lowest BCUT2D eigenvalue weighted by atomic mass is 10.1. The number of carbonyl (C=O) groups excluding carboxylic acids is 1. The molecule has 1 amide bonds. The molecule has 1 fully saturated rings. The molecule has 4 nitrogen and oxygen atoms in total. The number of benzene rings is 1. The number of carbonyl (C=O) groups is 1. The highest BCUT2D eigenvalue weighted by molar-refractivity contribution is 9.10. The Labute approximate surface area is 115 Å². The van der Waals surface area contributed by atoms with Gasteiger partial charge in [0.25, 0.3) is 0 Å². The molecule has 0 aliphatic carbocycles. The van der Waals surface area contributed by atoms with Gasteiger partial charge in [0.1, 0.15) is 6.61 Å². The summed E-state index contributed by atoms with van der Waals surface area (Å²) in [6, 6.07) is 7.51.